The summed E-state index contributed by atoms with van der Waals surface area (Å²) in [6.07, 6.45) is 5.21. The lowest BCUT2D eigenvalue weighted by Crippen LogP contribution is -2.31. The van der Waals surface area contributed by atoms with Crippen molar-refractivity contribution >= 4 is 11.6 Å². The van der Waals surface area contributed by atoms with E-state index in [1.807, 2.05) is 6.92 Å². The molecule has 1 aromatic rings. The Hall–Kier alpha value is -2.15. The Kier molecular flexibility index (Phi) is 4.41. The molecule has 0 bridgehead atoms. The summed E-state index contributed by atoms with van der Waals surface area (Å²) >= 11 is 0. The van der Waals surface area contributed by atoms with Gasteiger partial charge in [-0.2, -0.15) is 0 Å². The number of methoxy groups -OCH3 is 1. The molecule has 1 amide bonds. The van der Waals surface area contributed by atoms with Gasteiger partial charge in [0.05, 0.1) is 19.2 Å². The van der Waals surface area contributed by atoms with Crippen LogP contribution in [-0.4, -0.2) is 31.0 Å². The highest BCUT2D eigenvalue weighted by Crippen LogP contribution is 2.20. The molecule has 90 valence electrons. The van der Waals surface area contributed by atoms with Crippen LogP contribution >= 0.6 is 0 Å². The molecule has 0 aliphatic carbocycles. The summed E-state index contributed by atoms with van der Waals surface area (Å²) in [6.45, 7) is 2.70. The molecule has 0 aromatic heterocycles. The Morgan fingerprint density at radius 3 is 2.76 bits per heavy atom. The number of carbonyl (C=O) groups is 1. The fraction of sp³-hybridized carbons (Fsp3) is 0.308. The van der Waals surface area contributed by atoms with Gasteiger partial charge in [0.25, 0.3) is 5.91 Å². The summed E-state index contributed by atoms with van der Waals surface area (Å²) in [5.74, 6) is 2.91. The number of ether oxygens (including phenoxy) is 1. The first-order chi connectivity index (χ1) is 8.13. The predicted molar refractivity (Wildman–Crippen MR) is 67.8 cm³/mol. The first kappa shape index (κ1) is 12.9. The van der Waals surface area contributed by atoms with Crippen molar-refractivity contribution in [3.63, 3.8) is 0 Å². The molecule has 0 saturated heterocycles. The van der Waals surface area contributed by atoms with Crippen molar-refractivity contribution < 1.29 is 9.53 Å². The normalized spacial score (nSPS) is 9.47. The third-order valence-electron chi connectivity index (χ3n) is 2.44. The zero-order chi connectivity index (χ0) is 12.8. The summed E-state index contributed by atoms with van der Waals surface area (Å²) in [7, 11) is 1.55. The number of nitrogens with two attached hydrogens (primary N) is 1. The van der Waals surface area contributed by atoms with Crippen LogP contribution in [0.15, 0.2) is 18.2 Å². The maximum absolute atomic E-state index is 12.1. The molecule has 0 unspecified atom stereocenters. The number of nitrogens with zero attached hydrogens (tertiary/aromatic N) is 1. The molecule has 4 nitrogen and oxygen atoms in total. The van der Waals surface area contributed by atoms with Gasteiger partial charge in [-0.3, -0.25) is 4.79 Å². The molecule has 0 aliphatic heterocycles. The number of rotatable bonds is 4. The highest BCUT2D eigenvalue weighted by molar-refractivity contribution is 5.99. The molecular weight excluding hydrogens is 216 g/mol. The molecule has 1 aromatic carbocycles. The van der Waals surface area contributed by atoms with Crippen LogP contribution in [0.25, 0.3) is 0 Å². The monoisotopic (exact) mass is 232 g/mol. The first-order valence-corrected chi connectivity index (χ1v) is 5.30. The zero-order valence-electron chi connectivity index (χ0n) is 10.1. The molecule has 1 rings (SSSR count). The topological polar surface area (TPSA) is 55.6 Å². The van der Waals surface area contributed by atoms with Gasteiger partial charge in [-0.1, -0.05) is 5.92 Å². The van der Waals surface area contributed by atoms with Gasteiger partial charge in [-0.25, -0.2) is 0 Å². The van der Waals surface area contributed by atoms with Crippen molar-refractivity contribution in [3.05, 3.63) is 23.8 Å². The van der Waals surface area contributed by atoms with Crippen molar-refractivity contribution in [2.45, 2.75) is 6.92 Å². The number of terminal acetylenes is 1. The van der Waals surface area contributed by atoms with Crippen LogP contribution in [0.2, 0.25) is 0 Å². The summed E-state index contributed by atoms with van der Waals surface area (Å²) in [4.78, 5) is 13.6. The van der Waals surface area contributed by atoms with Gasteiger partial charge in [0.15, 0.2) is 0 Å². The second-order valence-corrected chi connectivity index (χ2v) is 3.48. The molecule has 0 aliphatic rings. The Morgan fingerprint density at radius 2 is 2.29 bits per heavy atom. The van der Waals surface area contributed by atoms with Gasteiger partial charge in [-0.05, 0) is 19.1 Å². The van der Waals surface area contributed by atoms with E-state index in [-0.39, 0.29) is 12.5 Å². The average molecular weight is 232 g/mol. The third-order valence-corrected chi connectivity index (χ3v) is 2.44. The lowest BCUT2D eigenvalue weighted by atomic mass is 10.1. The van der Waals surface area contributed by atoms with E-state index >= 15 is 0 Å². The van der Waals surface area contributed by atoms with Crippen molar-refractivity contribution in [2.24, 2.45) is 0 Å². The molecule has 4 heteroatoms. The van der Waals surface area contributed by atoms with Crippen molar-refractivity contribution in [2.75, 3.05) is 25.9 Å². The van der Waals surface area contributed by atoms with E-state index in [9.17, 15) is 4.79 Å². The minimum atomic E-state index is -0.161. The Morgan fingerprint density at radius 1 is 1.59 bits per heavy atom. The quantitative estimate of drug-likeness (QED) is 0.630. The molecule has 0 fully saturated rings. The fourth-order valence-electron chi connectivity index (χ4n) is 1.47. The standard InChI is InChI=1S/C13H16N2O2/c1-4-8-15(5-2)13(16)11-7-6-10(17-3)9-12(11)14/h1,6-7,9H,5,8,14H2,2-3H3. The minimum Gasteiger partial charge on any atom is -0.497 e. The van der Waals surface area contributed by atoms with Gasteiger partial charge in [0, 0.05) is 18.3 Å². The SMILES string of the molecule is C#CCN(CC)C(=O)c1ccc(OC)cc1N. The minimum absolute atomic E-state index is 0.161. The molecule has 0 spiro atoms. The number of hydrogen-bond donors (Lipinski definition) is 1. The summed E-state index contributed by atoms with van der Waals surface area (Å²) in [5.41, 5.74) is 6.65. The number of nitrogen functional groups attached to an aromatic ring is 1. The van der Waals surface area contributed by atoms with Crippen molar-refractivity contribution in [3.8, 4) is 18.1 Å². The van der Waals surface area contributed by atoms with E-state index in [0.717, 1.165) is 0 Å². The molecule has 0 atom stereocenters. The summed E-state index contributed by atoms with van der Waals surface area (Å²) < 4.78 is 5.03. The highest BCUT2D eigenvalue weighted by atomic mass is 16.5. The van der Waals surface area contributed by atoms with Gasteiger partial charge < -0.3 is 15.4 Å². The van der Waals surface area contributed by atoms with E-state index < -0.39 is 0 Å². The first-order valence-electron chi connectivity index (χ1n) is 5.30. The lowest BCUT2D eigenvalue weighted by Gasteiger charge is -2.19. The Bertz CT molecular complexity index is 449. The third kappa shape index (κ3) is 2.91. The Labute approximate surface area is 101 Å². The molecule has 17 heavy (non-hydrogen) atoms. The van der Waals surface area contributed by atoms with Gasteiger partial charge in [0.1, 0.15) is 5.75 Å². The maximum Gasteiger partial charge on any atom is 0.256 e. The maximum atomic E-state index is 12.1. The van der Waals surface area contributed by atoms with Crippen molar-refractivity contribution in [1.82, 2.24) is 4.90 Å². The Balaban J connectivity index is 3.00. The van der Waals surface area contributed by atoms with E-state index in [4.69, 9.17) is 16.9 Å². The van der Waals surface area contributed by atoms with E-state index in [1.54, 1.807) is 30.2 Å². The van der Waals surface area contributed by atoms with Crippen LogP contribution in [0.4, 0.5) is 5.69 Å². The molecule has 0 radical (unpaired) electrons. The van der Waals surface area contributed by atoms with Gasteiger partial charge in [-0.15, -0.1) is 6.42 Å². The zero-order valence-corrected chi connectivity index (χ0v) is 10.1. The number of amides is 1. The van der Waals surface area contributed by atoms with Gasteiger partial charge >= 0.3 is 0 Å². The van der Waals surface area contributed by atoms with Crippen LogP contribution in [0.5, 0.6) is 5.75 Å². The number of anilines is 1. The summed E-state index contributed by atoms with van der Waals surface area (Å²) in [6, 6.07) is 4.97. The second kappa shape index (κ2) is 5.80. The van der Waals surface area contributed by atoms with Crippen LogP contribution in [0, 0.1) is 12.3 Å². The van der Waals surface area contributed by atoms with E-state index in [1.165, 1.54) is 0 Å². The number of benzene rings is 1. The molecular formula is C13H16N2O2. The number of hydrogen-bond acceptors (Lipinski definition) is 3. The smallest absolute Gasteiger partial charge is 0.256 e. The van der Waals surface area contributed by atoms with Crippen LogP contribution in [0.3, 0.4) is 0 Å². The van der Waals surface area contributed by atoms with Crippen molar-refractivity contribution in [1.29, 1.82) is 0 Å². The van der Waals surface area contributed by atoms with E-state index in [0.29, 0.717) is 23.5 Å². The second-order valence-electron chi connectivity index (χ2n) is 3.48. The lowest BCUT2D eigenvalue weighted by molar-refractivity contribution is 0.0786. The van der Waals surface area contributed by atoms with Crippen LogP contribution in [-0.2, 0) is 0 Å². The number of carbonyl (C=O) groups excluding carboxylic acids is 1. The summed E-state index contributed by atoms with van der Waals surface area (Å²) in [5, 5.41) is 0. The predicted octanol–water partition coefficient (Wildman–Crippen LogP) is 1.37. The fourth-order valence-corrected chi connectivity index (χ4v) is 1.47. The van der Waals surface area contributed by atoms with Crippen LogP contribution < -0.4 is 10.5 Å². The molecule has 2 N–H and O–H groups in total. The van der Waals surface area contributed by atoms with E-state index in [2.05, 4.69) is 5.92 Å². The highest BCUT2D eigenvalue weighted by Gasteiger charge is 2.16. The molecule has 0 heterocycles. The van der Waals surface area contributed by atoms with Crippen LogP contribution in [0.1, 0.15) is 17.3 Å². The molecule has 0 saturated carbocycles. The van der Waals surface area contributed by atoms with Gasteiger partial charge in [0.2, 0.25) is 0 Å². The largest absolute Gasteiger partial charge is 0.497 e. The average Bonchev–Trinajstić information content (AvgIpc) is 2.35.